The maximum absolute atomic E-state index is 5.34. The summed E-state index contributed by atoms with van der Waals surface area (Å²) in [6, 6.07) is 7.35. The molecule has 2 atom stereocenters. The van der Waals surface area contributed by atoms with Gasteiger partial charge in [-0.3, -0.25) is 0 Å². The SMILES string of the molecule is CCC1CN(c2cc(Br)cc(OC)c2)C(C)CN1. The van der Waals surface area contributed by atoms with Gasteiger partial charge in [-0.1, -0.05) is 22.9 Å². The largest absolute Gasteiger partial charge is 0.497 e. The molecule has 1 fully saturated rings. The molecule has 0 radical (unpaired) electrons. The second-order valence-corrected chi connectivity index (χ2v) is 5.78. The second kappa shape index (κ2) is 5.93. The lowest BCUT2D eigenvalue weighted by Gasteiger charge is -2.40. The number of anilines is 1. The lowest BCUT2D eigenvalue weighted by Crippen LogP contribution is -2.55. The van der Waals surface area contributed by atoms with Crippen LogP contribution in [0.15, 0.2) is 22.7 Å². The molecule has 0 spiro atoms. The van der Waals surface area contributed by atoms with Gasteiger partial charge in [-0.2, -0.15) is 0 Å². The van der Waals surface area contributed by atoms with Crippen LogP contribution < -0.4 is 15.0 Å². The van der Waals surface area contributed by atoms with E-state index in [1.54, 1.807) is 7.11 Å². The third-order valence-electron chi connectivity index (χ3n) is 3.57. The van der Waals surface area contributed by atoms with Crippen LogP contribution in [0.4, 0.5) is 5.69 Å². The van der Waals surface area contributed by atoms with Gasteiger partial charge >= 0.3 is 0 Å². The predicted molar refractivity (Wildman–Crippen MR) is 79.6 cm³/mol. The quantitative estimate of drug-likeness (QED) is 0.928. The van der Waals surface area contributed by atoms with Crippen molar-refractivity contribution in [2.24, 2.45) is 0 Å². The van der Waals surface area contributed by atoms with E-state index < -0.39 is 0 Å². The molecule has 0 amide bonds. The molecule has 1 aliphatic heterocycles. The van der Waals surface area contributed by atoms with Crippen LogP contribution in [-0.4, -0.2) is 32.3 Å². The van der Waals surface area contributed by atoms with Crippen molar-refractivity contribution in [1.29, 1.82) is 0 Å². The maximum Gasteiger partial charge on any atom is 0.122 e. The molecule has 1 saturated heterocycles. The summed E-state index contributed by atoms with van der Waals surface area (Å²) in [6.07, 6.45) is 1.16. The smallest absolute Gasteiger partial charge is 0.122 e. The van der Waals surface area contributed by atoms with E-state index in [0.29, 0.717) is 12.1 Å². The molecule has 1 heterocycles. The van der Waals surface area contributed by atoms with Crippen molar-refractivity contribution in [3.8, 4) is 5.75 Å². The Kier molecular flexibility index (Phi) is 4.51. The number of piperazine rings is 1. The Morgan fingerprint density at radius 1 is 1.44 bits per heavy atom. The standard InChI is InChI=1S/C14H21BrN2O/c1-4-12-9-17(10(2)8-16-12)13-5-11(15)6-14(7-13)18-3/h5-7,10,12,16H,4,8-9H2,1-3H3. The van der Waals surface area contributed by atoms with Crippen molar-refractivity contribution < 1.29 is 4.74 Å². The predicted octanol–water partition coefficient (Wildman–Crippen LogP) is 3.03. The molecular weight excluding hydrogens is 292 g/mol. The molecule has 100 valence electrons. The zero-order valence-corrected chi connectivity index (χ0v) is 12.8. The van der Waals surface area contributed by atoms with Gasteiger partial charge in [0.1, 0.15) is 5.75 Å². The van der Waals surface area contributed by atoms with Gasteiger partial charge in [-0.15, -0.1) is 0 Å². The zero-order chi connectivity index (χ0) is 13.1. The summed E-state index contributed by atoms with van der Waals surface area (Å²) in [4.78, 5) is 2.46. The molecular formula is C14H21BrN2O. The third kappa shape index (κ3) is 2.98. The molecule has 0 saturated carbocycles. The molecule has 1 aromatic rings. The van der Waals surface area contributed by atoms with Gasteiger partial charge in [0.25, 0.3) is 0 Å². The number of nitrogens with one attached hydrogen (secondary N) is 1. The zero-order valence-electron chi connectivity index (χ0n) is 11.2. The Hall–Kier alpha value is -0.740. The molecule has 0 bridgehead atoms. The van der Waals surface area contributed by atoms with Crippen molar-refractivity contribution in [2.45, 2.75) is 32.4 Å². The molecule has 0 aromatic heterocycles. The van der Waals surface area contributed by atoms with Crippen LogP contribution in [0, 0.1) is 0 Å². The number of rotatable bonds is 3. The first-order valence-electron chi connectivity index (χ1n) is 6.48. The van der Waals surface area contributed by atoms with E-state index in [2.05, 4.69) is 52.1 Å². The van der Waals surface area contributed by atoms with Gasteiger partial charge in [0.2, 0.25) is 0 Å². The Labute approximate surface area is 118 Å². The average molecular weight is 313 g/mol. The molecule has 3 nitrogen and oxygen atoms in total. The fraction of sp³-hybridized carbons (Fsp3) is 0.571. The first kappa shape index (κ1) is 13.7. The van der Waals surface area contributed by atoms with E-state index in [-0.39, 0.29) is 0 Å². The number of nitrogens with zero attached hydrogens (tertiary/aromatic N) is 1. The molecule has 1 aromatic carbocycles. The lowest BCUT2D eigenvalue weighted by molar-refractivity contribution is 0.395. The molecule has 0 aliphatic carbocycles. The van der Waals surface area contributed by atoms with E-state index in [1.165, 1.54) is 5.69 Å². The number of benzene rings is 1. The minimum absolute atomic E-state index is 0.506. The number of hydrogen-bond acceptors (Lipinski definition) is 3. The summed E-state index contributed by atoms with van der Waals surface area (Å²) in [5, 5.41) is 3.58. The Morgan fingerprint density at radius 2 is 2.22 bits per heavy atom. The fourth-order valence-corrected chi connectivity index (χ4v) is 2.85. The molecule has 4 heteroatoms. The molecule has 1 aliphatic rings. The van der Waals surface area contributed by atoms with Crippen LogP contribution in [0.3, 0.4) is 0 Å². The summed E-state index contributed by atoms with van der Waals surface area (Å²) in [7, 11) is 1.71. The van der Waals surface area contributed by atoms with E-state index in [1.807, 2.05) is 6.07 Å². The molecule has 2 unspecified atom stereocenters. The van der Waals surface area contributed by atoms with Crippen molar-refractivity contribution in [2.75, 3.05) is 25.1 Å². The minimum Gasteiger partial charge on any atom is -0.497 e. The van der Waals surface area contributed by atoms with E-state index in [0.717, 1.165) is 29.7 Å². The highest BCUT2D eigenvalue weighted by molar-refractivity contribution is 9.10. The Balaban J connectivity index is 2.25. The molecule has 1 N–H and O–H groups in total. The van der Waals surface area contributed by atoms with E-state index in [4.69, 9.17) is 4.74 Å². The monoisotopic (exact) mass is 312 g/mol. The molecule has 18 heavy (non-hydrogen) atoms. The first-order chi connectivity index (χ1) is 8.63. The van der Waals surface area contributed by atoms with Gasteiger partial charge in [0, 0.05) is 41.4 Å². The Bertz CT molecular complexity index is 411. The summed E-state index contributed by atoms with van der Waals surface area (Å²) >= 11 is 3.55. The van der Waals surface area contributed by atoms with Gasteiger partial charge in [-0.05, 0) is 25.5 Å². The van der Waals surface area contributed by atoms with Gasteiger partial charge in [0.15, 0.2) is 0 Å². The topological polar surface area (TPSA) is 24.5 Å². The van der Waals surface area contributed by atoms with E-state index >= 15 is 0 Å². The summed E-state index contributed by atoms with van der Waals surface area (Å²) < 4.78 is 6.41. The number of halogens is 1. The van der Waals surface area contributed by atoms with Gasteiger partial charge in [-0.25, -0.2) is 0 Å². The van der Waals surface area contributed by atoms with Crippen molar-refractivity contribution in [1.82, 2.24) is 5.32 Å². The highest BCUT2D eigenvalue weighted by Crippen LogP contribution is 2.29. The normalized spacial score (nSPS) is 24.1. The average Bonchev–Trinajstić information content (AvgIpc) is 2.38. The van der Waals surface area contributed by atoms with E-state index in [9.17, 15) is 0 Å². The number of methoxy groups -OCH3 is 1. The maximum atomic E-state index is 5.34. The fourth-order valence-electron chi connectivity index (χ4n) is 2.39. The van der Waals surface area contributed by atoms with Gasteiger partial charge in [0.05, 0.1) is 7.11 Å². The Morgan fingerprint density at radius 3 is 2.89 bits per heavy atom. The van der Waals surface area contributed by atoms with Crippen molar-refractivity contribution in [3.63, 3.8) is 0 Å². The van der Waals surface area contributed by atoms with Crippen LogP contribution in [0.5, 0.6) is 5.75 Å². The number of ether oxygens (including phenoxy) is 1. The van der Waals surface area contributed by atoms with Crippen molar-refractivity contribution in [3.05, 3.63) is 22.7 Å². The summed E-state index contributed by atoms with van der Waals surface area (Å²) in [5.74, 6) is 0.901. The van der Waals surface area contributed by atoms with Crippen LogP contribution >= 0.6 is 15.9 Å². The second-order valence-electron chi connectivity index (χ2n) is 4.86. The first-order valence-corrected chi connectivity index (χ1v) is 7.28. The third-order valence-corrected chi connectivity index (χ3v) is 4.03. The summed E-state index contributed by atoms with van der Waals surface area (Å²) in [5.41, 5.74) is 1.23. The van der Waals surface area contributed by atoms with Crippen LogP contribution in [-0.2, 0) is 0 Å². The highest BCUT2D eigenvalue weighted by Gasteiger charge is 2.24. The van der Waals surface area contributed by atoms with Crippen LogP contribution in [0.25, 0.3) is 0 Å². The number of hydrogen-bond donors (Lipinski definition) is 1. The highest BCUT2D eigenvalue weighted by atomic mass is 79.9. The van der Waals surface area contributed by atoms with Crippen LogP contribution in [0.1, 0.15) is 20.3 Å². The minimum atomic E-state index is 0.506. The van der Waals surface area contributed by atoms with Crippen molar-refractivity contribution >= 4 is 21.6 Å². The molecule has 2 rings (SSSR count). The van der Waals surface area contributed by atoms with Gasteiger partial charge < -0.3 is 15.0 Å². The van der Waals surface area contributed by atoms with Crippen LogP contribution in [0.2, 0.25) is 0 Å². The summed E-state index contributed by atoms with van der Waals surface area (Å²) in [6.45, 7) is 6.57. The lowest BCUT2D eigenvalue weighted by atomic mass is 10.1.